The van der Waals surface area contributed by atoms with Gasteiger partial charge in [0, 0.05) is 40.3 Å². The molecule has 2 aliphatic rings. The van der Waals surface area contributed by atoms with Gasteiger partial charge in [-0.15, -0.1) is 0 Å². The maximum atomic E-state index is 12.6. The molecule has 6 heteroatoms. The molecule has 1 aromatic heterocycles. The van der Waals surface area contributed by atoms with Crippen molar-refractivity contribution in [2.45, 2.75) is 38.8 Å². The number of hydrogen-bond donors (Lipinski definition) is 1. The fraction of sp³-hybridized carbons (Fsp3) is 0.333. The molecular formula is C24H25ClN4O. The van der Waals surface area contributed by atoms with Crippen LogP contribution in [0.1, 0.15) is 41.3 Å². The van der Waals surface area contributed by atoms with E-state index in [2.05, 4.69) is 45.1 Å². The fourth-order valence-corrected chi connectivity index (χ4v) is 5.14. The van der Waals surface area contributed by atoms with Gasteiger partial charge in [-0.05, 0) is 49.9 Å². The van der Waals surface area contributed by atoms with Crippen molar-refractivity contribution in [3.05, 3.63) is 69.9 Å². The summed E-state index contributed by atoms with van der Waals surface area (Å²) in [5, 5.41) is 6.11. The molecule has 1 atom stereocenters. The van der Waals surface area contributed by atoms with Crippen LogP contribution in [0, 0.1) is 6.92 Å². The van der Waals surface area contributed by atoms with Crippen molar-refractivity contribution in [1.29, 1.82) is 0 Å². The highest BCUT2D eigenvalue weighted by Crippen LogP contribution is 2.42. The minimum Gasteiger partial charge on any atom is -0.342 e. The smallest absolute Gasteiger partial charge is 0.254 e. The Bertz CT molecular complexity index is 1150. The van der Waals surface area contributed by atoms with Crippen LogP contribution in [-0.2, 0) is 17.8 Å². The lowest BCUT2D eigenvalue weighted by atomic mass is 9.89. The monoisotopic (exact) mass is 420 g/mol. The van der Waals surface area contributed by atoms with Gasteiger partial charge in [-0.3, -0.25) is 9.69 Å². The number of amides is 1. The summed E-state index contributed by atoms with van der Waals surface area (Å²) in [5.74, 6) is -0.0918. The Kier molecular flexibility index (Phi) is 5.09. The fourth-order valence-electron chi connectivity index (χ4n) is 4.95. The van der Waals surface area contributed by atoms with E-state index in [1.807, 2.05) is 18.2 Å². The van der Waals surface area contributed by atoms with E-state index in [-0.39, 0.29) is 5.91 Å². The number of aryl methyl sites for hydroxylation is 2. The van der Waals surface area contributed by atoms with E-state index < -0.39 is 0 Å². The number of hydrogen-bond acceptors (Lipinski definition) is 3. The summed E-state index contributed by atoms with van der Waals surface area (Å²) >= 11 is 6.13. The molecule has 2 heterocycles. The van der Waals surface area contributed by atoms with Gasteiger partial charge in [0.2, 0.25) is 0 Å². The number of carbonyl (C=O) groups is 1. The van der Waals surface area contributed by atoms with E-state index in [1.54, 1.807) is 12.3 Å². The van der Waals surface area contributed by atoms with Crippen LogP contribution in [0.3, 0.4) is 0 Å². The molecular weight excluding hydrogens is 396 g/mol. The Morgan fingerprint density at radius 1 is 1.27 bits per heavy atom. The van der Waals surface area contributed by atoms with E-state index in [9.17, 15) is 4.79 Å². The van der Waals surface area contributed by atoms with Gasteiger partial charge in [0.25, 0.3) is 5.91 Å². The largest absolute Gasteiger partial charge is 0.342 e. The minimum atomic E-state index is -0.0918. The van der Waals surface area contributed by atoms with E-state index in [4.69, 9.17) is 11.6 Å². The molecule has 154 valence electrons. The predicted octanol–water partition coefficient (Wildman–Crippen LogP) is 4.45. The number of nitrogens with one attached hydrogen (secondary N) is 1. The van der Waals surface area contributed by atoms with E-state index in [0.29, 0.717) is 17.6 Å². The predicted molar refractivity (Wildman–Crippen MR) is 121 cm³/mol. The first-order chi connectivity index (χ1) is 14.6. The topological polar surface area (TPSA) is 49.6 Å². The van der Waals surface area contributed by atoms with Crippen LogP contribution in [0.4, 0.5) is 0 Å². The molecule has 0 saturated heterocycles. The number of aromatic nitrogens is 1. The second-order valence-corrected chi connectivity index (χ2v) is 8.64. The van der Waals surface area contributed by atoms with Crippen molar-refractivity contribution in [3.63, 3.8) is 0 Å². The van der Waals surface area contributed by atoms with Crippen LogP contribution >= 0.6 is 11.6 Å². The number of fused-ring (bicyclic) bond motifs is 3. The first kappa shape index (κ1) is 19.3. The highest BCUT2D eigenvalue weighted by Gasteiger charge is 2.35. The zero-order valence-corrected chi connectivity index (χ0v) is 17.8. The molecule has 0 bridgehead atoms. The maximum Gasteiger partial charge on any atom is 0.254 e. The average Bonchev–Trinajstić information content (AvgIpc) is 3.06. The summed E-state index contributed by atoms with van der Waals surface area (Å²) in [5.41, 5.74) is 8.99. The highest BCUT2D eigenvalue weighted by atomic mass is 35.5. The molecule has 0 fully saturated rings. The quantitative estimate of drug-likeness (QED) is 0.501. The van der Waals surface area contributed by atoms with Crippen molar-refractivity contribution in [2.75, 3.05) is 13.1 Å². The maximum absolute atomic E-state index is 12.6. The van der Waals surface area contributed by atoms with Gasteiger partial charge in [-0.1, -0.05) is 41.4 Å². The lowest BCUT2D eigenvalue weighted by Crippen LogP contribution is -2.44. The van der Waals surface area contributed by atoms with Gasteiger partial charge in [0.1, 0.15) is 0 Å². The molecule has 0 spiro atoms. The molecule has 2 aromatic carbocycles. The van der Waals surface area contributed by atoms with Crippen LogP contribution in [0.25, 0.3) is 10.9 Å². The van der Waals surface area contributed by atoms with Gasteiger partial charge in [0.05, 0.1) is 18.8 Å². The normalized spacial score (nSPS) is 18.7. The minimum absolute atomic E-state index is 0.0918. The molecule has 0 radical (unpaired) electrons. The summed E-state index contributed by atoms with van der Waals surface area (Å²) in [6, 6.07) is 14.5. The summed E-state index contributed by atoms with van der Waals surface area (Å²) in [6.45, 7) is 4.30. The molecule has 0 unspecified atom stereocenters. The number of rotatable bonds is 4. The standard InChI is InChI=1S/C24H25ClN4O/c1-16-9-10-21-19(13-16)18-6-4-8-22-24(18)29(21)12-11-28(22)15-23(30)27-26-14-17-5-2-3-7-20(17)25/h2-3,5,7,9-10,13-14,22H,4,6,8,11-12,15H2,1H3,(H,27,30)/t22-/m1/s1. The molecule has 1 N–H and O–H groups in total. The third-order valence-corrected chi connectivity index (χ3v) is 6.63. The summed E-state index contributed by atoms with van der Waals surface area (Å²) in [7, 11) is 0. The lowest BCUT2D eigenvalue weighted by molar-refractivity contribution is -0.123. The van der Waals surface area contributed by atoms with Gasteiger partial charge >= 0.3 is 0 Å². The number of halogens is 1. The zero-order chi connectivity index (χ0) is 20.7. The molecule has 1 aliphatic heterocycles. The molecule has 1 amide bonds. The van der Waals surface area contributed by atoms with E-state index in [1.165, 1.54) is 27.7 Å². The van der Waals surface area contributed by atoms with E-state index in [0.717, 1.165) is 37.9 Å². The third-order valence-electron chi connectivity index (χ3n) is 6.28. The van der Waals surface area contributed by atoms with Crippen LogP contribution < -0.4 is 5.43 Å². The number of benzene rings is 2. The van der Waals surface area contributed by atoms with Gasteiger partial charge in [-0.25, -0.2) is 5.43 Å². The van der Waals surface area contributed by atoms with Gasteiger partial charge < -0.3 is 4.57 Å². The van der Waals surface area contributed by atoms with E-state index >= 15 is 0 Å². The number of carbonyl (C=O) groups excluding carboxylic acids is 1. The molecule has 3 aromatic rings. The second-order valence-electron chi connectivity index (χ2n) is 8.23. The molecule has 0 saturated carbocycles. The van der Waals surface area contributed by atoms with Gasteiger partial charge in [0.15, 0.2) is 0 Å². The second kappa shape index (κ2) is 7.89. The van der Waals surface area contributed by atoms with Crippen molar-refractivity contribution in [3.8, 4) is 0 Å². The van der Waals surface area contributed by atoms with Crippen LogP contribution in [0.2, 0.25) is 5.02 Å². The molecule has 5 nitrogen and oxygen atoms in total. The van der Waals surface area contributed by atoms with Crippen molar-refractivity contribution < 1.29 is 4.79 Å². The first-order valence-corrected chi connectivity index (χ1v) is 10.9. The van der Waals surface area contributed by atoms with Gasteiger partial charge in [-0.2, -0.15) is 5.10 Å². The SMILES string of the molecule is Cc1ccc2c(c1)c1c3n2CCN(CC(=O)NN=Cc2ccccc2Cl)[C@@H]3CCC1. The Morgan fingerprint density at radius 2 is 2.13 bits per heavy atom. The van der Waals surface area contributed by atoms with Crippen molar-refractivity contribution in [2.24, 2.45) is 5.10 Å². The molecule has 5 rings (SSSR count). The summed E-state index contributed by atoms with van der Waals surface area (Å²) < 4.78 is 2.48. The number of hydrazone groups is 1. The first-order valence-electron chi connectivity index (χ1n) is 10.5. The van der Waals surface area contributed by atoms with Crippen LogP contribution in [0.5, 0.6) is 0 Å². The Labute approximate surface area is 181 Å². The Morgan fingerprint density at radius 3 is 3.00 bits per heavy atom. The number of nitrogens with zero attached hydrogens (tertiary/aromatic N) is 3. The Balaban J connectivity index is 1.33. The van der Waals surface area contributed by atoms with Crippen molar-refractivity contribution in [1.82, 2.24) is 14.9 Å². The lowest BCUT2D eigenvalue weighted by Gasteiger charge is -2.39. The third kappa shape index (κ3) is 3.42. The van der Waals surface area contributed by atoms with Crippen molar-refractivity contribution >= 4 is 34.6 Å². The summed E-state index contributed by atoms with van der Waals surface area (Å²) in [4.78, 5) is 14.9. The highest BCUT2D eigenvalue weighted by molar-refractivity contribution is 6.33. The Hall–Kier alpha value is -2.63. The average molecular weight is 421 g/mol. The molecule has 1 aliphatic carbocycles. The van der Waals surface area contributed by atoms with Crippen LogP contribution in [0.15, 0.2) is 47.6 Å². The van der Waals surface area contributed by atoms with Crippen LogP contribution in [-0.4, -0.2) is 34.7 Å². The zero-order valence-electron chi connectivity index (χ0n) is 17.1. The summed E-state index contributed by atoms with van der Waals surface area (Å²) in [6.07, 6.45) is 4.97. The molecule has 30 heavy (non-hydrogen) atoms.